The molecule has 0 bridgehead atoms. The van der Waals surface area contributed by atoms with Crippen LogP contribution in [0.2, 0.25) is 3.67 Å². The minimum Gasteiger partial charge on any atom is -0.317 e. The Bertz CT molecular complexity index is 105. The second-order valence-electron chi connectivity index (χ2n) is 2.32. The van der Waals surface area contributed by atoms with Gasteiger partial charge in [0.15, 0.2) is 0 Å². The van der Waals surface area contributed by atoms with Gasteiger partial charge < -0.3 is 9.79 Å². The molecule has 0 aliphatic rings. The molecule has 0 aromatic heterocycles. The van der Waals surface area contributed by atoms with E-state index in [0.29, 0.717) is 0 Å². The van der Waals surface area contributed by atoms with Crippen LogP contribution in [0.15, 0.2) is 0 Å². The Morgan fingerprint density at radius 1 is 1.60 bits per heavy atom. The Balaban J connectivity index is 0. The van der Waals surface area contributed by atoms with E-state index in [-0.39, 0.29) is 0 Å². The van der Waals surface area contributed by atoms with Gasteiger partial charge in [-0.15, -0.1) is 0 Å². The number of thiol groups is 1. The molecule has 0 atom stereocenters. The molecule has 0 unspecified atom stereocenters. The van der Waals surface area contributed by atoms with Gasteiger partial charge in [-0.1, -0.05) is 12.2 Å². The van der Waals surface area contributed by atoms with Crippen LogP contribution in [0, 0.1) is 5.92 Å². The summed E-state index contributed by atoms with van der Waals surface area (Å²) in [5.74, 6) is 0.946. The van der Waals surface area contributed by atoms with Gasteiger partial charge in [0.1, 0.15) is 0 Å². The summed E-state index contributed by atoms with van der Waals surface area (Å²) in [5, 5.41) is 0. The number of hydrogen-bond donors (Lipinski definition) is 3. The maximum atomic E-state index is 9.19. The Morgan fingerprint density at radius 3 is 1.70 bits per heavy atom. The molecule has 58 valence electrons. The third-order valence-electron chi connectivity index (χ3n) is 0.816. The van der Waals surface area contributed by atoms with Gasteiger partial charge in [0.2, 0.25) is 0 Å². The van der Waals surface area contributed by atoms with E-state index in [2.05, 4.69) is 26.1 Å². The minimum atomic E-state index is -3.94. The van der Waals surface area contributed by atoms with Gasteiger partial charge >= 0.3 is 58.2 Å². The Morgan fingerprint density at radius 2 is 1.70 bits per heavy atom. The van der Waals surface area contributed by atoms with Gasteiger partial charge in [0.05, 0.1) is 0 Å². The molecule has 0 amide bonds. The summed E-state index contributed by atoms with van der Waals surface area (Å²) in [6, 6.07) is 0. The van der Waals surface area contributed by atoms with Gasteiger partial charge in [0.25, 0.3) is 0 Å². The van der Waals surface area contributed by atoms with Crippen molar-refractivity contribution in [3.8, 4) is 0 Å². The van der Waals surface area contributed by atoms with Gasteiger partial charge in [0, 0.05) is 0 Å². The number of hydrogen-bond acceptors (Lipinski definition) is 1. The summed E-state index contributed by atoms with van der Waals surface area (Å²) in [6.07, 6.45) is 0. The van der Waals surface area contributed by atoms with E-state index in [9.17, 15) is 4.57 Å². The topological polar surface area (TPSA) is 57.5 Å². The Hall–Kier alpha value is 1.50. The molecule has 0 fully saturated rings. The van der Waals surface area contributed by atoms with Crippen molar-refractivity contribution in [3.05, 3.63) is 0 Å². The van der Waals surface area contributed by atoms with Crippen LogP contribution in [0.4, 0.5) is 0 Å². The Kier molecular flexibility index (Phi) is 10.1. The SMILES string of the molecule is CC(C)[CH2][Na].O=P(O)(O)S. The molecule has 0 aliphatic heterocycles. The minimum absolute atomic E-state index is 0.946. The first-order chi connectivity index (χ1) is 4.27. The van der Waals surface area contributed by atoms with Crippen molar-refractivity contribution in [1.29, 1.82) is 0 Å². The summed E-state index contributed by atoms with van der Waals surface area (Å²) >= 11 is 4.16. The van der Waals surface area contributed by atoms with Crippen molar-refractivity contribution < 1.29 is 14.4 Å². The molecule has 6 heteroatoms. The third kappa shape index (κ3) is 56.0. The third-order valence-corrected chi connectivity index (χ3v) is 2.45. The molecular formula is C4H12NaO3PS. The van der Waals surface area contributed by atoms with E-state index in [0.717, 1.165) is 5.92 Å². The maximum Gasteiger partial charge on any atom is 0.380 e. The fourth-order valence-electron chi connectivity index (χ4n) is 0. The molecule has 0 aromatic rings. The molecular weight excluding hydrogens is 182 g/mol. The summed E-state index contributed by atoms with van der Waals surface area (Å²) in [7, 11) is 0. The van der Waals surface area contributed by atoms with Crippen LogP contribution in [0.3, 0.4) is 0 Å². The van der Waals surface area contributed by atoms with E-state index in [1.807, 2.05) is 0 Å². The molecule has 3 nitrogen and oxygen atoms in total. The molecule has 0 aromatic carbocycles. The zero-order valence-electron chi connectivity index (χ0n) is 6.48. The average Bonchev–Trinajstić information content (AvgIpc) is 1.61. The van der Waals surface area contributed by atoms with Gasteiger partial charge in [-0.25, -0.2) is 4.57 Å². The molecule has 2 N–H and O–H groups in total. The summed E-state index contributed by atoms with van der Waals surface area (Å²) in [4.78, 5) is 15.0. The van der Waals surface area contributed by atoms with Crippen molar-refractivity contribution in [3.63, 3.8) is 0 Å². The van der Waals surface area contributed by atoms with Crippen molar-refractivity contribution in [1.82, 2.24) is 0 Å². The number of rotatable bonds is 1. The van der Waals surface area contributed by atoms with Gasteiger partial charge in [-0.05, 0) is 0 Å². The smallest absolute Gasteiger partial charge is 0.317 e. The van der Waals surface area contributed by atoms with Crippen LogP contribution in [0.25, 0.3) is 0 Å². The van der Waals surface area contributed by atoms with Crippen LogP contribution in [0.1, 0.15) is 13.8 Å². The van der Waals surface area contributed by atoms with Crippen molar-refractivity contribution >= 4 is 47.0 Å². The molecule has 0 saturated heterocycles. The zero-order valence-corrected chi connectivity index (χ0v) is 10.3. The zero-order chi connectivity index (χ0) is 8.78. The van der Waals surface area contributed by atoms with Crippen LogP contribution >= 0.6 is 19.0 Å². The van der Waals surface area contributed by atoms with E-state index < -0.39 is 6.80 Å². The van der Waals surface area contributed by atoms with Crippen molar-refractivity contribution in [2.45, 2.75) is 17.5 Å². The molecule has 0 aliphatic carbocycles. The fourth-order valence-corrected chi connectivity index (χ4v) is 0. The average molecular weight is 194 g/mol. The molecule has 0 spiro atoms. The molecule has 0 saturated carbocycles. The summed E-state index contributed by atoms with van der Waals surface area (Å²) in [5.41, 5.74) is 0. The molecule has 10 heavy (non-hydrogen) atoms. The standard InChI is InChI=1S/C4H9.Na.H3O3PS/c1-4(2)3;;1-4(2,3)5/h4H,1H2,2-3H3;;(H3,1,2,3,5). The van der Waals surface area contributed by atoms with E-state index in [1.54, 1.807) is 0 Å². The van der Waals surface area contributed by atoms with Crippen LogP contribution < -0.4 is 0 Å². The van der Waals surface area contributed by atoms with Crippen LogP contribution in [-0.4, -0.2) is 37.7 Å². The normalized spacial score (nSPS) is 10.8. The second-order valence-corrected chi connectivity index (χ2v) is 5.72. The first kappa shape index (κ1) is 14.0. The fraction of sp³-hybridized carbons (Fsp3) is 1.00. The van der Waals surface area contributed by atoms with Gasteiger partial charge in [-0.2, -0.15) is 0 Å². The molecule has 0 rings (SSSR count). The largest absolute Gasteiger partial charge is 0.380 e. The predicted octanol–water partition coefficient (Wildman–Crippen LogP) is 1.24. The van der Waals surface area contributed by atoms with E-state index in [1.165, 1.54) is 31.6 Å². The summed E-state index contributed by atoms with van der Waals surface area (Å²) in [6.45, 7) is 0.569. The van der Waals surface area contributed by atoms with Crippen LogP contribution in [0.5, 0.6) is 0 Å². The molecule has 0 heterocycles. The second kappa shape index (κ2) is 7.17. The first-order valence-electron chi connectivity index (χ1n) is 3.05. The summed E-state index contributed by atoms with van der Waals surface area (Å²) < 4.78 is 10.6. The van der Waals surface area contributed by atoms with Crippen LogP contribution in [-0.2, 0) is 4.57 Å². The quantitative estimate of drug-likeness (QED) is 0.334. The van der Waals surface area contributed by atoms with E-state index in [4.69, 9.17) is 9.79 Å². The first-order valence-corrected chi connectivity index (χ1v) is 7.23. The van der Waals surface area contributed by atoms with Crippen molar-refractivity contribution in [2.24, 2.45) is 5.92 Å². The monoisotopic (exact) mass is 194 g/mol. The van der Waals surface area contributed by atoms with Crippen molar-refractivity contribution in [2.75, 3.05) is 0 Å². The van der Waals surface area contributed by atoms with Gasteiger partial charge in [-0.3, -0.25) is 0 Å². The maximum absolute atomic E-state index is 9.19. The predicted molar refractivity (Wildman–Crippen MR) is 46.4 cm³/mol. The molecule has 0 radical (unpaired) electrons. The Labute approximate surface area is 84.3 Å². The van der Waals surface area contributed by atoms with E-state index >= 15 is 0 Å².